The minimum Gasteiger partial charge on any atom is -0.467 e. The minimum atomic E-state index is -0.643. The molecule has 0 saturated carbocycles. The van der Waals surface area contributed by atoms with Crippen LogP contribution in [0.4, 0.5) is 0 Å². The molecule has 3 atom stereocenters. The first-order valence-corrected chi connectivity index (χ1v) is 8.13. The van der Waals surface area contributed by atoms with E-state index in [1.165, 1.54) is 7.11 Å². The molecule has 1 aromatic heterocycles. The Bertz CT molecular complexity index is 666. The second-order valence-corrected chi connectivity index (χ2v) is 6.34. The van der Waals surface area contributed by atoms with E-state index in [-0.39, 0.29) is 18.6 Å². The summed E-state index contributed by atoms with van der Waals surface area (Å²) in [6, 6.07) is 7.47. The third kappa shape index (κ3) is 3.52. The Labute approximate surface area is 145 Å². The molecule has 128 valence electrons. The standard InChI is InChI=1S/C17H20ClN3O3/c1-24-17-19-6-11(7-20-17)8-21-9-14(16(23)15(21)10-22)12-2-4-13(18)5-3-12/h2-7,14-16,22-23H,8-10H2,1H3/t14-,15-,16-/m1/s1. The van der Waals surface area contributed by atoms with E-state index in [1.54, 1.807) is 12.4 Å². The van der Waals surface area contributed by atoms with E-state index in [1.807, 2.05) is 24.3 Å². The van der Waals surface area contributed by atoms with Crippen molar-refractivity contribution in [3.63, 3.8) is 0 Å². The normalized spacial score (nSPS) is 24.2. The number of nitrogens with zero attached hydrogens (tertiary/aromatic N) is 3. The van der Waals surface area contributed by atoms with Crippen molar-refractivity contribution in [2.45, 2.75) is 24.6 Å². The maximum atomic E-state index is 10.6. The van der Waals surface area contributed by atoms with E-state index in [2.05, 4.69) is 14.9 Å². The summed E-state index contributed by atoms with van der Waals surface area (Å²) in [4.78, 5) is 10.2. The molecule has 6 nitrogen and oxygen atoms in total. The lowest BCUT2D eigenvalue weighted by Crippen LogP contribution is -2.38. The van der Waals surface area contributed by atoms with E-state index >= 15 is 0 Å². The Balaban J connectivity index is 1.76. The SMILES string of the molecule is COc1ncc(CN2C[C@H](c3ccc(Cl)cc3)[C@@H](O)[C@H]2CO)cn1. The van der Waals surface area contributed by atoms with Crippen LogP contribution < -0.4 is 4.74 Å². The lowest BCUT2D eigenvalue weighted by Gasteiger charge is -2.23. The first-order chi connectivity index (χ1) is 11.6. The van der Waals surface area contributed by atoms with Crippen LogP contribution in [0.1, 0.15) is 17.0 Å². The van der Waals surface area contributed by atoms with E-state index < -0.39 is 6.10 Å². The van der Waals surface area contributed by atoms with Crippen LogP contribution in [-0.4, -0.2) is 57.5 Å². The van der Waals surface area contributed by atoms with Crippen molar-refractivity contribution in [1.82, 2.24) is 14.9 Å². The van der Waals surface area contributed by atoms with Crippen LogP contribution in [0.25, 0.3) is 0 Å². The zero-order valence-corrected chi connectivity index (χ0v) is 14.1. The maximum Gasteiger partial charge on any atom is 0.316 e. The number of aliphatic hydroxyl groups is 2. The zero-order chi connectivity index (χ0) is 17.1. The van der Waals surface area contributed by atoms with Gasteiger partial charge in [-0.2, -0.15) is 0 Å². The molecule has 0 radical (unpaired) electrons. The summed E-state index contributed by atoms with van der Waals surface area (Å²) in [6.07, 6.45) is 2.75. The summed E-state index contributed by atoms with van der Waals surface area (Å²) in [6.45, 7) is 1.08. The van der Waals surface area contributed by atoms with Gasteiger partial charge in [0, 0.05) is 42.0 Å². The topological polar surface area (TPSA) is 78.7 Å². The van der Waals surface area contributed by atoms with Gasteiger partial charge in [0.2, 0.25) is 0 Å². The Morgan fingerprint density at radius 2 is 1.92 bits per heavy atom. The molecule has 0 unspecified atom stereocenters. The number of likely N-dealkylation sites (tertiary alicyclic amines) is 1. The highest BCUT2D eigenvalue weighted by Gasteiger charge is 2.40. The van der Waals surface area contributed by atoms with Gasteiger partial charge in [-0.3, -0.25) is 4.90 Å². The van der Waals surface area contributed by atoms with E-state index in [0.29, 0.717) is 24.1 Å². The van der Waals surface area contributed by atoms with Gasteiger partial charge in [0.25, 0.3) is 0 Å². The van der Waals surface area contributed by atoms with Crippen molar-refractivity contribution in [2.75, 3.05) is 20.3 Å². The number of benzene rings is 1. The predicted octanol–water partition coefficient (Wildman–Crippen LogP) is 1.46. The van der Waals surface area contributed by atoms with E-state index in [4.69, 9.17) is 16.3 Å². The van der Waals surface area contributed by atoms with Crippen molar-refractivity contribution in [3.05, 3.63) is 52.8 Å². The third-order valence-corrected chi connectivity index (χ3v) is 4.69. The zero-order valence-electron chi connectivity index (χ0n) is 13.3. The molecule has 2 heterocycles. The number of halogens is 1. The second kappa shape index (κ2) is 7.44. The summed E-state index contributed by atoms with van der Waals surface area (Å²) < 4.78 is 4.96. The number of aromatic nitrogens is 2. The average Bonchev–Trinajstić information content (AvgIpc) is 2.91. The van der Waals surface area contributed by atoms with Gasteiger partial charge in [-0.25, -0.2) is 9.97 Å². The quantitative estimate of drug-likeness (QED) is 0.851. The Morgan fingerprint density at radius 3 is 2.50 bits per heavy atom. The molecule has 1 aliphatic rings. The van der Waals surface area contributed by atoms with Gasteiger partial charge in [-0.15, -0.1) is 0 Å². The highest BCUT2D eigenvalue weighted by atomic mass is 35.5. The molecule has 0 bridgehead atoms. The van der Waals surface area contributed by atoms with Gasteiger partial charge >= 0.3 is 6.01 Å². The molecule has 0 spiro atoms. The van der Waals surface area contributed by atoms with Crippen molar-refractivity contribution < 1.29 is 14.9 Å². The second-order valence-electron chi connectivity index (χ2n) is 5.91. The fourth-order valence-corrected chi connectivity index (χ4v) is 3.29. The van der Waals surface area contributed by atoms with Gasteiger partial charge in [-0.05, 0) is 17.7 Å². The summed E-state index contributed by atoms with van der Waals surface area (Å²) >= 11 is 5.93. The highest BCUT2D eigenvalue weighted by molar-refractivity contribution is 6.30. The molecule has 1 aromatic carbocycles. The first kappa shape index (κ1) is 17.1. The Kier molecular flexibility index (Phi) is 5.30. The van der Waals surface area contributed by atoms with Gasteiger partial charge in [-0.1, -0.05) is 23.7 Å². The predicted molar refractivity (Wildman–Crippen MR) is 90.1 cm³/mol. The molecule has 2 N–H and O–H groups in total. The molecule has 1 saturated heterocycles. The lowest BCUT2D eigenvalue weighted by atomic mass is 9.94. The summed E-state index contributed by atoms with van der Waals surface area (Å²) in [5.41, 5.74) is 1.91. The Morgan fingerprint density at radius 1 is 1.25 bits per heavy atom. The van der Waals surface area contributed by atoms with Crippen LogP contribution in [0.3, 0.4) is 0 Å². The summed E-state index contributed by atoms with van der Waals surface area (Å²) in [5.74, 6) is -0.0708. The van der Waals surface area contributed by atoms with Gasteiger partial charge in [0.1, 0.15) is 0 Å². The number of aliphatic hydroxyl groups excluding tert-OH is 2. The lowest BCUT2D eigenvalue weighted by molar-refractivity contribution is 0.0640. The number of ether oxygens (including phenoxy) is 1. The van der Waals surface area contributed by atoms with Gasteiger partial charge in [0.05, 0.1) is 25.9 Å². The molecule has 1 aliphatic heterocycles. The highest BCUT2D eigenvalue weighted by Crippen LogP contribution is 2.33. The molecule has 2 aromatic rings. The van der Waals surface area contributed by atoms with E-state index in [0.717, 1.165) is 11.1 Å². The van der Waals surface area contributed by atoms with Crippen molar-refractivity contribution in [3.8, 4) is 6.01 Å². The molecule has 7 heteroatoms. The maximum absolute atomic E-state index is 10.6. The number of rotatable bonds is 5. The summed E-state index contributed by atoms with van der Waals surface area (Å²) in [7, 11) is 1.52. The molecular weight excluding hydrogens is 330 g/mol. The Hall–Kier alpha value is -1.73. The minimum absolute atomic E-state index is 0.0708. The van der Waals surface area contributed by atoms with Crippen LogP contribution in [-0.2, 0) is 6.54 Å². The van der Waals surface area contributed by atoms with Crippen LogP contribution in [0.2, 0.25) is 5.02 Å². The summed E-state index contributed by atoms with van der Waals surface area (Å²) in [5, 5.41) is 21.0. The fourth-order valence-electron chi connectivity index (χ4n) is 3.16. The molecular formula is C17H20ClN3O3. The van der Waals surface area contributed by atoms with Crippen LogP contribution in [0.15, 0.2) is 36.7 Å². The van der Waals surface area contributed by atoms with Gasteiger partial charge in [0.15, 0.2) is 0 Å². The van der Waals surface area contributed by atoms with E-state index in [9.17, 15) is 10.2 Å². The fraction of sp³-hybridized carbons (Fsp3) is 0.412. The van der Waals surface area contributed by atoms with Crippen LogP contribution in [0, 0.1) is 0 Å². The largest absolute Gasteiger partial charge is 0.467 e. The first-order valence-electron chi connectivity index (χ1n) is 7.75. The van der Waals surface area contributed by atoms with Gasteiger partial charge < -0.3 is 14.9 Å². The average molecular weight is 350 g/mol. The molecule has 0 aliphatic carbocycles. The molecule has 3 rings (SSSR count). The number of methoxy groups -OCH3 is 1. The van der Waals surface area contributed by atoms with Crippen LogP contribution >= 0.6 is 11.6 Å². The van der Waals surface area contributed by atoms with Crippen molar-refractivity contribution in [2.24, 2.45) is 0 Å². The van der Waals surface area contributed by atoms with Crippen LogP contribution in [0.5, 0.6) is 6.01 Å². The molecule has 1 fully saturated rings. The number of hydrogen-bond donors (Lipinski definition) is 2. The third-order valence-electron chi connectivity index (χ3n) is 4.44. The van der Waals surface area contributed by atoms with Crippen molar-refractivity contribution in [1.29, 1.82) is 0 Å². The molecule has 0 amide bonds. The smallest absolute Gasteiger partial charge is 0.316 e. The molecule has 24 heavy (non-hydrogen) atoms. The van der Waals surface area contributed by atoms with Crippen molar-refractivity contribution >= 4 is 11.6 Å². The monoisotopic (exact) mass is 349 g/mol. The number of hydrogen-bond acceptors (Lipinski definition) is 6.